The second-order valence-corrected chi connectivity index (χ2v) is 10.8. The zero-order valence-electron chi connectivity index (χ0n) is 18.8. The molecule has 4 N–H and O–H groups in total. The number of urea groups is 1. The third-order valence-electron chi connectivity index (χ3n) is 5.72. The molecule has 11 heteroatoms. The van der Waals surface area contributed by atoms with Crippen LogP contribution in [-0.4, -0.2) is 53.7 Å². The topological polar surface area (TPSA) is 132 Å². The first-order valence-electron chi connectivity index (χ1n) is 10.8. The molecule has 4 rings (SSSR count). The molecule has 0 bridgehead atoms. The predicted octanol–water partition coefficient (Wildman–Crippen LogP) is 3.92. The number of aryl methyl sites for hydroxylation is 2. The Morgan fingerprint density at radius 1 is 1.21 bits per heavy atom. The van der Waals surface area contributed by atoms with Gasteiger partial charge in [0, 0.05) is 12.2 Å². The van der Waals surface area contributed by atoms with Crippen molar-refractivity contribution in [1.82, 2.24) is 9.88 Å². The van der Waals surface area contributed by atoms with Gasteiger partial charge in [0.2, 0.25) is 0 Å². The van der Waals surface area contributed by atoms with Crippen LogP contribution in [0, 0.1) is 13.8 Å². The van der Waals surface area contributed by atoms with Crippen molar-refractivity contribution >= 4 is 38.2 Å². The number of carbonyl (C=O) groups excluding carboxylic acids is 1. The van der Waals surface area contributed by atoms with E-state index in [1.807, 2.05) is 6.07 Å². The number of sulfonamides is 1. The summed E-state index contributed by atoms with van der Waals surface area (Å²) in [5, 5.41) is 22.1. The van der Waals surface area contributed by atoms with Crippen molar-refractivity contribution in [1.29, 1.82) is 0 Å². The lowest BCUT2D eigenvalue weighted by molar-refractivity contribution is 0.166. The molecule has 0 aliphatic carbocycles. The average Bonchev–Trinajstić information content (AvgIpc) is 3.42. The fourth-order valence-electron chi connectivity index (χ4n) is 3.94. The number of phenols is 1. The van der Waals surface area contributed by atoms with E-state index in [4.69, 9.17) is 0 Å². The Morgan fingerprint density at radius 2 is 1.94 bits per heavy atom. The Morgan fingerprint density at radius 3 is 2.65 bits per heavy atom. The van der Waals surface area contributed by atoms with Gasteiger partial charge >= 0.3 is 6.03 Å². The molecule has 180 valence electrons. The van der Waals surface area contributed by atoms with Crippen LogP contribution in [0.2, 0.25) is 0 Å². The van der Waals surface area contributed by atoms with Gasteiger partial charge in [-0.05, 0) is 68.1 Å². The molecule has 34 heavy (non-hydrogen) atoms. The fraction of sp³-hybridized carbons (Fsp3) is 0.304. The molecule has 2 amide bonds. The van der Waals surface area contributed by atoms with Crippen molar-refractivity contribution in [2.45, 2.75) is 37.6 Å². The Balaban J connectivity index is 1.58. The summed E-state index contributed by atoms with van der Waals surface area (Å²) in [5.41, 5.74) is 2.25. The smallest absolute Gasteiger partial charge is 0.323 e. The van der Waals surface area contributed by atoms with Gasteiger partial charge in [-0.1, -0.05) is 23.5 Å². The first-order valence-corrected chi connectivity index (χ1v) is 13.1. The molecule has 0 saturated carbocycles. The molecule has 3 aromatic rings. The monoisotopic (exact) mass is 502 g/mol. The lowest BCUT2D eigenvalue weighted by atomic mass is 10.1. The van der Waals surface area contributed by atoms with Crippen LogP contribution in [0.4, 0.5) is 15.6 Å². The minimum absolute atomic E-state index is 0.0429. The number of aliphatic hydroxyl groups is 1. The number of likely N-dealkylation sites (tertiary alicyclic amines) is 1. The lowest BCUT2D eigenvalue weighted by Crippen LogP contribution is -2.40. The van der Waals surface area contributed by atoms with Crippen molar-refractivity contribution in [3.63, 3.8) is 0 Å². The summed E-state index contributed by atoms with van der Waals surface area (Å²) >= 11 is 1.26. The number of nitrogens with zero attached hydrogens (tertiary/aromatic N) is 2. The van der Waals surface area contributed by atoms with Gasteiger partial charge in [-0.25, -0.2) is 18.2 Å². The van der Waals surface area contributed by atoms with Crippen LogP contribution in [-0.2, 0) is 10.0 Å². The van der Waals surface area contributed by atoms with E-state index < -0.39 is 10.0 Å². The molecule has 2 aromatic carbocycles. The van der Waals surface area contributed by atoms with Gasteiger partial charge < -0.3 is 15.1 Å². The standard InChI is InChI=1S/C23H26N4O5S2/c1-14-5-6-16(12-20(14)34(31,32)26-17-7-9-19(29)10-8-17)21-15(2)24-22(33-21)25-23(30)27-11-3-4-18(27)13-28/h5-10,12,18,26,28-29H,3-4,11,13H2,1-2H3,(H,24,25,30)/t18-/m0/s1. The number of anilines is 2. The second kappa shape index (κ2) is 9.61. The first-order chi connectivity index (χ1) is 16.2. The van der Waals surface area contributed by atoms with Crippen molar-refractivity contribution in [3.05, 3.63) is 53.7 Å². The normalized spacial score (nSPS) is 16.0. The summed E-state index contributed by atoms with van der Waals surface area (Å²) in [6, 6.07) is 10.4. The van der Waals surface area contributed by atoms with Gasteiger partial charge in [-0.2, -0.15) is 0 Å². The summed E-state index contributed by atoms with van der Waals surface area (Å²) in [5.74, 6) is 0.0429. The van der Waals surface area contributed by atoms with Crippen LogP contribution >= 0.6 is 11.3 Å². The number of hydrogen-bond donors (Lipinski definition) is 4. The van der Waals surface area contributed by atoms with E-state index in [0.29, 0.717) is 34.2 Å². The van der Waals surface area contributed by atoms with Crippen molar-refractivity contribution < 1.29 is 23.4 Å². The Kier molecular flexibility index (Phi) is 6.78. The van der Waals surface area contributed by atoms with E-state index in [-0.39, 0.29) is 29.3 Å². The maximum absolute atomic E-state index is 13.1. The molecule has 1 atom stereocenters. The number of hydrogen-bond acceptors (Lipinski definition) is 7. The number of aromatic hydroxyl groups is 1. The fourth-order valence-corrected chi connectivity index (χ4v) is 6.23. The van der Waals surface area contributed by atoms with Gasteiger partial charge in [-0.3, -0.25) is 10.0 Å². The highest BCUT2D eigenvalue weighted by molar-refractivity contribution is 7.92. The summed E-state index contributed by atoms with van der Waals surface area (Å²) in [6.07, 6.45) is 1.62. The third kappa shape index (κ3) is 5.01. The van der Waals surface area contributed by atoms with E-state index in [0.717, 1.165) is 17.7 Å². The molecule has 1 saturated heterocycles. The Bertz CT molecular complexity index is 1310. The van der Waals surface area contributed by atoms with Gasteiger partial charge in [0.15, 0.2) is 5.13 Å². The Labute approximate surface area is 202 Å². The summed E-state index contributed by atoms with van der Waals surface area (Å²) in [7, 11) is -3.88. The molecule has 1 aliphatic rings. The van der Waals surface area contributed by atoms with E-state index in [9.17, 15) is 23.4 Å². The van der Waals surface area contributed by atoms with Crippen LogP contribution in [0.3, 0.4) is 0 Å². The molecule has 1 aliphatic heterocycles. The minimum Gasteiger partial charge on any atom is -0.508 e. The van der Waals surface area contributed by atoms with E-state index >= 15 is 0 Å². The van der Waals surface area contributed by atoms with Gasteiger partial charge in [0.1, 0.15) is 5.75 Å². The number of rotatable bonds is 6. The number of carbonyl (C=O) groups is 1. The maximum Gasteiger partial charge on any atom is 0.323 e. The SMILES string of the molecule is Cc1ccc(-c2sc(NC(=O)N3CCC[C@H]3CO)nc2C)cc1S(=O)(=O)Nc1ccc(O)cc1. The Hall–Kier alpha value is -3.15. The molecule has 2 heterocycles. The maximum atomic E-state index is 13.1. The summed E-state index contributed by atoms with van der Waals surface area (Å²) in [4.78, 5) is 19.6. The molecule has 0 spiro atoms. The number of phenolic OH excluding ortho intramolecular Hbond substituents is 1. The minimum atomic E-state index is -3.88. The van der Waals surface area contributed by atoms with E-state index in [2.05, 4.69) is 15.0 Å². The first kappa shape index (κ1) is 24.0. The van der Waals surface area contributed by atoms with Crippen LogP contribution in [0.25, 0.3) is 10.4 Å². The molecule has 1 aromatic heterocycles. The molecule has 9 nitrogen and oxygen atoms in total. The average molecular weight is 503 g/mol. The molecule has 0 unspecified atom stereocenters. The summed E-state index contributed by atoms with van der Waals surface area (Å²) < 4.78 is 28.7. The van der Waals surface area contributed by atoms with Crippen LogP contribution in [0.5, 0.6) is 5.75 Å². The van der Waals surface area contributed by atoms with Crippen molar-refractivity contribution in [3.8, 4) is 16.2 Å². The van der Waals surface area contributed by atoms with E-state index in [1.54, 1.807) is 30.9 Å². The zero-order valence-corrected chi connectivity index (χ0v) is 20.4. The zero-order chi connectivity index (χ0) is 24.5. The number of nitrogens with one attached hydrogen (secondary N) is 2. The number of aliphatic hydroxyl groups excluding tert-OH is 1. The summed E-state index contributed by atoms with van der Waals surface area (Å²) in [6.45, 7) is 4.03. The number of benzene rings is 2. The van der Waals surface area contributed by atoms with Crippen molar-refractivity contribution in [2.24, 2.45) is 0 Å². The van der Waals surface area contributed by atoms with Crippen LogP contribution in [0.1, 0.15) is 24.1 Å². The van der Waals surface area contributed by atoms with Gasteiger partial charge in [0.25, 0.3) is 10.0 Å². The highest BCUT2D eigenvalue weighted by Crippen LogP contribution is 2.35. The highest BCUT2D eigenvalue weighted by Gasteiger charge is 2.29. The second-order valence-electron chi connectivity index (χ2n) is 8.17. The van der Waals surface area contributed by atoms with Crippen LogP contribution < -0.4 is 10.0 Å². The molecular weight excluding hydrogens is 476 g/mol. The molecule has 1 fully saturated rings. The molecule has 0 radical (unpaired) electrons. The highest BCUT2D eigenvalue weighted by atomic mass is 32.2. The quantitative estimate of drug-likeness (QED) is 0.378. The third-order valence-corrected chi connectivity index (χ3v) is 8.36. The van der Waals surface area contributed by atoms with Crippen molar-refractivity contribution in [2.75, 3.05) is 23.2 Å². The predicted molar refractivity (Wildman–Crippen MR) is 132 cm³/mol. The van der Waals surface area contributed by atoms with Gasteiger partial charge in [0.05, 0.1) is 28.1 Å². The number of thiazole rings is 1. The lowest BCUT2D eigenvalue weighted by Gasteiger charge is -2.22. The number of amides is 2. The largest absolute Gasteiger partial charge is 0.508 e. The number of aromatic nitrogens is 1. The van der Waals surface area contributed by atoms with Gasteiger partial charge in [-0.15, -0.1) is 0 Å². The van der Waals surface area contributed by atoms with E-state index in [1.165, 1.54) is 35.6 Å². The molecular formula is C23H26N4O5S2. The van der Waals surface area contributed by atoms with Crippen LogP contribution in [0.15, 0.2) is 47.4 Å².